The molecule has 3 saturated carbocycles. The Morgan fingerprint density at radius 1 is 1.14 bits per heavy atom. The smallest absolute Gasteiger partial charge is 0.0703 e. The molecule has 124 valence electrons. The van der Waals surface area contributed by atoms with Crippen molar-refractivity contribution in [3.8, 4) is 0 Å². The fourth-order valence-corrected chi connectivity index (χ4v) is 7.24. The van der Waals surface area contributed by atoms with Crippen molar-refractivity contribution >= 4 is 0 Å². The first-order valence-electron chi connectivity index (χ1n) is 10.0. The Labute approximate surface area is 136 Å². The number of fused-ring (bicyclic) bond motifs is 5. The molecular weight excluding hydrogens is 268 g/mol. The first kappa shape index (κ1) is 15.2. The largest absolute Gasteiger partial charge is 0.389 e. The molecule has 1 N–H and O–H groups in total. The zero-order valence-electron chi connectivity index (χ0n) is 14.6. The number of hydrogen-bond donors (Lipinski definition) is 1. The van der Waals surface area contributed by atoms with Gasteiger partial charge in [0.05, 0.1) is 5.60 Å². The molecule has 0 heterocycles. The molecule has 1 heteroatoms. The number of hydrogen-bond acceptors (Lipinski definition) is 1. The molecule has 3 fully saturated rings. The van der Waals surface area contributed by atoms with Gasteiger partial charge in [-0.1, -0.05) is 31.9 Å². The molecule has 0 aromatic rings. The van der Waals surface area contributed by atoms with E-state index < -0.39 is 0 Å². The number of aliphatic hydroxyl groups is 1. The van der Waals surface area contributed by atoms with Gasteiger partial charge in [0.1, 0.15) is 0 Å². The second-order valence-electron chi connectivity index (χ2n) is 9.07. The molecule has 0 bridgehead atoms. The molecule has 0 aromatic carbocycles. The third-order valence-electron chi connectivity index (χ3n) is 8.36. The van der Waals surface area contributed by atoms with Crippen molar-refractivity contribution in [2.45, 2.75) is 90.1 Å². The lowest BCUT2D eigenvalue weighted by molar-refractivity contribution is -0.121. The minimum atomic E-state index is -0.361. The van der Waals surface area contributed by atoms with Crippen LogP contribution in [-0.4, -0.2) is 10.7 Å². The Balaban J connectivity index is 1.61. The molecule has 0 radical (unpaired) electrons. The van der Waals surface area contributed by atoms with Crippen molar-refractivity contribution < 1.29 is 5.11 Å². The summed E-state index contributed by atoms with van der Waals surface area (Å²) in [6.45, 7) is 4.68. The van der Waals surface area contributed by atoms with Crippen LogP contribution >= 0.6 is 0 Å². The summed E-state index contributed by atoms with van der Waals surface area (Å²) in [6, 6.07) is 0. The minimum Gasteiger partial charge on any atom is -0.389 e. The van der Waals surface area contributed by atoms with E-state index in [0.29, 0.717) is 0 Å². The average Bonchev–Trinajstić information content (AvgIpc) is 2.79. The summed E-state index contributed by atoms with van der Waals surface area (Å²) in [6.07, 6.45) is 16.7. The Hall–Kier alpha value is -0.300. The highest BCUT2D eigenvalue weighted by Gasteiger charge is 2.61. The highest BCUT2D eigenvalue weighted by molar-refractivity contribution is 5.19. The molecule has 22 heavy (non-hydrogen) atoms. The van der Waals surface area contributed by atoms with Crippen molar-refractivity contribution in [3.63, 3.8) is 0 Å². The van der Waals surface area contributed by atoms with E-state index in [4.69, 9.17) is 0 Å². The molecule has 0 saturated heterocycles. The van der Waals surface area contributed by atoms with Gasteiger partial charge in [-0.25, -0.2) is 0 Å². The highest BCUT2D eigenvalue weighted by atomic mass is 16.3. The Morgan fingerprint density at radius 3 is 2.82 bits per heavy atom. The molecule has 0 aromatic heterocycles. The third kappa shape index (κ3) is 2.00. The summed E-state index contributed by atoms with van der Waals surface area (Å²) in [5, 5.41) is 11.4. The predicted molar refractivity (Wildman–Crippen MR) is 91.6 cm³/mol. The van der Waals surface area contributed by atoms with Crippen molar-refractivity contribution in [1.29, 1.82) is 0 Å². The van der Waals surface area contributed by atoms with Gasteiger partial charge >= 0.3 is 0 Å². The summed E-state index contributed by atoms with van der Waals surface area (Å²) in [5.41, 5.74) is 1.66. The van der Waals surface area contributed by atoms with Gasteiger partial charge in [0.2, 0.25) is 0 Å². The van der Waals surface area contributed by atoms with Crippen molar-refractivity contribution in [2.75, 3.05) is 0 Å². The second-order valence-corrected chi connectivity index (χ2v) is 9.07. The quantitative estimate of drug-likeness (QED) is 0.670. The van der Waals surface area contributed by atoms with Gasteiger partial charge in [-0.05, 0) is 93.3 Å². The normalized spacial score (nSPS) is 50.8. The van der Waals surface area contributed by atoms with Crippen LogP contribution in [0, 0.1) is 29.1 Å². The molecular formula is C21H34O. The Kier molecular flexibility index (Phi) is 3.72. The topological polar surface area (TPSA) is 20.2 Å². The summed E-state index contributed by atoms with van der Waals surface area (Å²) in [4.78, 5) is 0. The summed E-state index contributed by atoms with van der Waals surface area (Å²) in [7, 11) is 0. The van der Waals surface area contributed by atoms with Crippen LogP contribution in [0.15, 0.2) is 11.6 Å². The highest BCUT2D eigenvalue weighted by Crippen LogP contribution is 2.65. The summed E-state index contributed by atoms with van der Waals surface area (Å²) < 4.78 is 0. The number of rotatable bonds is 2. The van der Waals surface area contributed by atoms with E-state index in [-0.39, 0.29) is 11.0 Å². The van der Waals surface area contributed by atoms with Gasteiger partial charge < -0.3 is 5.11 Å². The maximum atomic E-state index is 11.4. The average molecular weight is 303 g/mol. The predicted octanol–water partition coefficient (Wildman–Crippen LogP) is 5.48. The van der Waals surface area contributed by atoms with E-state index in [2.05, 4.69) is 19.9 Å². The van der Waals surface area contributed by atoms with Crippen LogP contribution in [-0.2, 0) is 0 Å². The lowest BCUT2D eigenvalue weighted by Gasteiger charge is -2.56. The van der Waals surface area contributed by atoms with E-state index in [9.17, 15) is 5.11 Å². The lowest BCUT2D eigenvalue weighted by Crippen LogP contribution is -2.52. The van der Waals surface area contributed by atoms with Gasteiger partial charge in [-0.3, -0.25) is 0 Å². The molecule has 0 aliphatic heterocycles. The van der Waals surface area contributed by atoms with E-state index in [1.54, 1.807) is 0 Å². The van der Waals surface area contributed by atoms with Gasteiger partial charge in [0, 0.05) is 0 Å². The molecule has 4 aliphatic rings. The molecule has 0 amide bonds. The van der Waals surface area contributed by atoms with Crippen LogP contribution < -0.4 is 0 Å². The van der Waals surface area contributed by atoms with Crippen molar-refractivity contribution in [2.24, 2.45) is 29.1 Å². The Bertz CT molecular complexity index is 467. The van der Waals surface area contributed by atoms with E-state index in [1.807, 2.05) is 5.57 Å². The minimum absolute atomic E-state index is 0.208. The standard InChI is InChI=1S/C21H34O/c1-3-12-21(22)14-11-19-18-9-8-15-6-4-5-7-16(15)17(18)10-13-20(19,21)2/h6,16-19,22H,3-5,7-14H2,1-2H3/t16-,17-,18+,19+,20+,21-/m0/s1. The SMILES string of the molecule is CCC[C@]1(O)CC[C@@H]2[C@@H]3CCC4=CCCC[C@@H]4[C@@H]3CC[C@]21C. The van der Waals surface area contributed by atoms with Crippen LogP contribution in [0.2, 0.25) is 0 Å². The molecule has 4 aliphatic carbocycles. The van der Waals surface area contributed by atoms with Gasteiger partial charge in [-0.2, -0.15) is 0 Å². The van der Waals surface area contributed by atoms with Gasteiger partial charge in [-0.15, -0.1) is 0 Å². The van der Waals surface area contributed by atoms with Gasteiger partial charge in [0.25, 0.3) is 0 Å². The van der Waals surface area contributed by atoms with Crippen LogP contribution in [0.1, 0.15) is 84.5 Å². The first-order chi connectivity index (χ1) is 10.6. The molecule has 1 nitrogen and oxygen atoms in total. The lowest BCUT2D eigenvalue weighted by atomic mass is 9.50. The zero-order chi connectivity index (χ0) is 15.4. The molecule has 0 spiro atoms. The second kappa shape index (κ2) is 5.36. The third-order valence-corrected chi connectivity index (χ3v) is 8.36. The van der Waals surface area contributed by atoms with E-state index in [0.717, 1.165) is 42.9 Å². The van der Waals surface area contributed by atoms with Crippen molar-refractivity contribution in [3.05, 3.63) is 11.6 Å². The Morgan fingerprint density at radius 2 is 2.00 bits per heavy atom. The van der Waals surface area contributed by atoms with Crippen LogP contribution in [0.4, 0.5) is 0 Å². The molecule has 0 unspecified atom stereocenters. The molecule has 4 rings (SSSR count). The number of allylic oxidation sites excluding steroid dienone is 2. The monoisotopic (exact) mass is 302 g/mol. The van der Waals surface area contributed by atoms with Crippen LogP contribution in [0.25, 0.3) is 0 Å². The summed E-state index contributed by atoms with van der Waals surface area (Å²) >= 11 is 0. The van der Waals surface area contributed by atoms with Crippen molar-refractivity contribution in [1.82, 2.24) is 0 Å². The maximum absolute atomic E-state index is 11.4. The zero-order valence-corrected chi connectivity index (χ0v) is 14.6. The first-order valence-corrected chi connectivity index (χ1v) is 10.0. The maximum Gasteiger partial charge on any atom is 0.0703 e. The van der Waals surface area contributed by atoms with Crippen LogP contribution in [0.5, 0.6) is 0 Å². The summed E-state index contributed by atoms with van der Waals surface area (Å²) in [5.74, 6) is 3.57. The molecule has 6 atom stereocenters. The van der Waals surface area contributed by atoms with E-state index in [1.165, 1.54) is 51.4 Å². The van der Waals surface area contributed by atoms with Crippen LogP contribution in [0.3, 0.4) is 0 Å². The fraction of sp³-hybridized carbons (Fsp3) is 0.905. The van der Waals surface area contributed by atoms with Gasteiger partial charge in [0.15, 0.2) is 0 Å². The fourth-order valence-electron chi connectivity index (χ4n) is 7.24. The van der Waals surface area contributed by atoms with E-state index >= 15 is 0 Å².